The maximum Gasteiger partial charge on any atom is 0.408 e. The summed E-state index contributed by atoms with van der Waals surface area (Å²) in [6.07, 6.45) is 0.0799. The number of sulfone groups is 1. The molecule has 1 aliphatic heterocycles. The van der Waals surface area contributed by atoms with Gasteiger partial charge in [-0.3, -0.25) is 14.5 Å². The van der Waals surface area contributed by atoms with E-state index < -0.39 is 33.9 Å². The summed E-state index contributed by atoms with van der Waals surface area (Å²) in [6.45, 7) is 8.44. The van der Waals surface area contributed by atoms with E-state index in [1.54, 1.807) is 24.3 Å². The normalized spacial score (nSPS) is 16.4. The molecule has 0 aliphatic carbocycles. The van der Waals surface area contributed by atoms with Crippen LogP contribution in [0.5, 0.6) is 0 Å². The highest BCUT2D eigenvalue weighted by Gasteiger charge is 2.31. The number of carbonyl (C=O) groups excluding carboxylic acids is 3. The molecule has 1 aliphatic rings. The Bertz CT molecular complexity index is 1260. The third-order valence-corrected chi connectivity index (χ3v) is 8.49. The number of Topliss-reactive ketones (excluding diaryl/α,β-unsaturated/α-hetero) is 1. The lowest BCUT2D eigenvalue weighted by Gasteiger charge is -2.27. The second-order valence-corrected chi connectivity index (χ2v) is 13.3. The van der Waals surface area contributed by atoms with Gasteiger partial charge in [0.05, 0.1) is 23.2 Å². The summed E-state index contributed by atoms with van der Waals surface area (Å²) >= 11 is 0. The van der Waals surface area contributed by atoms with Gasteiger partial charge in [0.1, 0.15) is 12.6 Å². The van der Waals surface area contributed by atoms with Gasteiger partial charge in [-0.15, -0.1) is 0 Å². The van der Waals surface area contributed by atoms with Gasteiger partial charge in [-0.25, -0.2) is 13.2 Å². The molecule has 10 heteroatoms. The van der Waals surface area contributed by atoms with E-state index in [0.29, 0.717) is 29.8 Å². The molecule has 9 nitrogen and oxygen atoms in total. The van der Waals surface area contributed by atoms with Crippen molar-refractivity contribution in [1.29, 1.82) is 0 Å². The molecule has 2 aromatic carbocycles. The Morgan fingerprint density at radius 1 is 0.875 bits per heavy atom. The zero-order valence-corrected chi connectivity index (χ0v) is 24.6. The van der Waals surface area contributed by atoms with Crippen LogP contribution in [0.1, 0.15) is 51.7 Å². The summed E-state index contributed by atoms with van der Waals surface area (Å²) in [4.78, 5) is 41.5. The van der Waals surface area contributed by atoms with Crippen LogP contribution in [-0.2, 0) is 37.3 Å². The molecule has 0 fully saturated rings. The molecule has 40 heavy (non-hydrogen) atoms. The van der Waals surface area contributed by atoms with Crippen molar-refractivity contribution >= 4 is 27.6 Å². The molecule has 2 atom stereocenters. The van der Waals surface area contributed by atoms with Gasteiger partial charge in [-0.05, 0) is 41.9 Å². The predicted octanol–water partition coefficient (Wildman–Crippen LogP) is 3.72. The summed E-state index contributed by atoms with van der Waals surface area (Å²) in [6, 6.07) is 14.4. The number of amides is 2. The lowest BCUT2D eigenvalue weighted by atomic mass is 9.98. The standard InChI is InChI=1S/C30H41N3O6S/c1-21(2)16-25(27(34)19-33-14-15-40(37,38)28-13-9-8-12-24(28)18-33)31-29(35)26(17-22(3)4)32-30(36)39-20-23-10-6-5-7-11-23/h5-13,21-22,25-26H,14-20H2,1-4H3,(H,31,35)(H,32,36)/t25-,26-/m0/s1. The highest BCUT2D eigenvalue weighted by atomic mass is 32.2. The number of fused-ring (bicyclic) bond motifs is 1. The van der Waals surface area contributed by atoms with E-state index >= 15 is 0 Å². The molecule has 0 saturated carbocycles. The molecule has 0 saturated heterocycles. The molecule has 0 bridgehead atoms. The van der Waals surface area contributed by atoms with Crippen LogP contribution in [0.25, 0.3) is 0 Å². The van der Waals surface area contributed by atoms with Crippen LogP contribution in [-0.4, -0.2) is 62.0 Å². The van der Waals surface area contributed by atoms with Crippen molar-refractivity contribution in [3.05, 3.63) is 65.7 Å². The summed E-state index contributed by atoms with van der Waals surface area (Å²) in [5, 5.41) is 5.53. The maximum atomic E-state index is 13.5. The molecule has 0 spiro atoms. The van der Waals surface area contributed by atoms with E-state index in [4.69, 9.17) is 4.74 Å². The first-order valence-corrected chi connectivity index (χ1v) is 15.4. The summed E-state index contributed by atoms with van der Waals surface area (Å²) < 4.78 is 30.7. The van der Waals surface area contributed by atoms with Crippen LogP contribution in [0.2, 0.25) is 0 Å². The Labute approximate surface area is 237 Å². The molecule has 0 aromatic heterocycles. The Balaban J connectivity index is 1.67. The number of alkyl carbamates (subject to hydrolysis) is 1. The highest BCUT2D eigenvalue weighted by molar-refractivity contribution is 7.91. The van der Waals surface area contributed by atoms with Gasteiger partial charge in [0, 0.05) is 13.1 Å². The smallest absolute Gasteiger partial charge is 0.408 e. The number of nitrogens with one attached hydrogen (secondary N) is 2. The van der Waals surface area contributed by atoms with E-state index in [-0.39, 0.29) is 43.1 Å². The van der Waals surface area contributed by atoms with Crippen LogP contribution < -0.4 is 10.6 Å². The lowest BCUT2D eigenvalue weighted by Crippen LogP contribution is -2.53. The van der Waals surface area contributed by atoms with Crippen LogP contribution in [0.3, 0.4) is 0 Å². The second kappa shape index (κ2) is 14.4. The van der Waals surface area contributed by atoms with Crippen molar-refractivity contribution in [3.63, 3.8) is 0 Å². The van der Waals surface area contributed by atoms with E-state index in [0.717, 1.165) is 5.56 Å². The average Bonchev–Trinajstić information content (AvgIpc) is 3.02. The first-order chi connectivity index (χ1) is 18.9. The van der Waals surface area contributed by atoms with Gasteiger partial charge in [-0.1, -0.05) is 76.2 Å². The molecule has 0 unspecified atom stereocenters. The minimum absolute atomic E-state index is 0.00289. The first-order valence-electron chi connectivity index (χ1n) is 13.8. The fraction of sp³-hybridized carbons (Fsp3) is 0.500. The minimum Gasteiger partial charge on any atom is -0.445 e. The van der Waals surface area contributed by atoms with Crippen molar-refractivity contribution in [2.45, 2.75) is 70.7 Å². The SMILES string of the molecule is CC(C)C[C@H](NC(=O)[C@H](CC(C)C)NC(=O)OCc1ccccc1)C(=O)CN1CCS(=O)(=O)c2ccccc2C1. The molecular formula is C30H41N3O6S. The van der Waals surface area contributed by atoms with Gasteiger partial charge < -0.3 is 15.4 Å². The molecule has 218 valence electrons. The molecule has 2 amide bonds. The minimum atomic E-state index is -3.44. The number of ketones is 1. The average molecular weight is 572 g/mol. The highest BCUT2D eigenvalue weighted by Crippen LogP contribution is 2.22. The van der Waals surface area contributed by atoms with Crippen molar-refractivity contribution in [2.75, 3.05) is 18.8 Å². The van der Waals surface area contributed by atoms with E-state index in [1.165, 1.54) is 0 Å². The molecule has 0 radical (unpaired) electrons. The van der Waals surface area contributed by atoms with Crippen LogP contribution in [0.15, 0.2) is 59.5 Å². The quantitative estimate of drug-likeness (QED) is 0.398. The van der Waals surface area contributed by atoms with Crippen molar-refractivity contribution in [2.24, 2.45) is 11.8 Å². The molecule has 2 N–H and O–H groups in total. The van der Waals surface area contributed by atoms with Gasteiger partial charge >= 0.3 is 6.09 Å². The van der Waals surface area contributed by atoms with E-state index in [9.17, 15) is 22.8 Å². The predicted molar refractivity (Wildman–Crippen MR) is 153 cm³/mol. The van der Waals surface area contributed by atoms with Crippen LogP contribution in [0, 0.1) is 11.8 Å². The first kappa shape index (κ1) is 31.3. The number of ether oxygens (including phenoxy) is 1. The number of benzene rings is 2. The largest absolute Gasteiger partial charge is 0.445 e. The Morgan fingerprint density at radius 2 is 1.50 bits per heavy atom. The van der Waals surface area contributed by atoms with Gasteiger partial charge in [-0.2, -0.15) is 0 Å². The Morgan fingerprint density at radius 3 is 2.17 bits per heavy atom. The zero-order chi connectivity index (χ0) is 29.3. The van der Waals surface area contributed by atoms with Crippen molar-refractivity contribution in [1.82, 2.24) is 15.5 Å². The lowest BCUT2D eigenvalue weighted by molar-refractivity contribution is -0.130. The Hall–Kier alpha value is -3.24. The molecular weight excluding hydrogens is 530 g/mol. The fourth-order valence-corrected chi connectivity index (χ4v) is 6.24. The fourth-order valence-electron chi connectivity index (χ4n) is 4.71. The van der Waals surface area contributed by atoms with Crippen LogP contribution >= 0.6 is 0 Å². The Kier molecular flexibility index (Phi) is 11.3. The topological polar surface area (TPSA) is 122 Å². The van der Waals surface area contributed by atoms with Crippen molar-refractivity contribution in [3.8, 4) is 0 Å². The zero-order valence-electron chi connectivity index (χ0n) is 23.8. The second-order valence-electron chi connectivity index (χ2n) is 11.2. The number of rotatable bonds is 12. The number of nitrogens with zero attached hydrogens (tertiary/aromatic N) is 1. The summed E-state index contributed by atoms with van der Waals surface area (Å²) in [7, 11) is -3.44. The number of carbonyl (C=O) groups is 3. The third kappa shape index (κ3) is 9.45. The monoisotopic (exact) mass is 571 g/mol. The van der Waals surface area contributed by atoms with E-state index in [2.05, 4.69) is 10.6 Å². The maximum absolute atomic E-state index is 13.5. The van der Waals surface area contributed by atoms with Crippen molar-refractivity contribution < 1.29 is 27.5 Å². The third-order valence-electron chi connectivity index (χ3n) is 6.70. The van der Waals surface area contributed by atoms with Gasteiger partial charge in [0.15, 0.2) is 15.6 Å². The van der Waals surface area contributed by atoms with Crippen LogP contribution in [0.4, 0.5) is 4.79 Å². The number of hydrogen-bond acceptors (Lipinski definition) is 7. The van der Waals surface area contributed by atoms with Gasteiger partial charge in [0.25, 0.3) is 0 Å². The summed E-state index contributed by atoms with van der Waals surface area (Å²) in [5.74, 6) is -0.512. The molecule has 1 heterocycles. The molecule has 3 rings (SSSR count). The van der Waals surface area contributed by atoms with Gasteiger partial charge in [0.2, 0.25) is 5.91 Å². The number of hydrogen-bond donors (Lipinski definition) is 2. The molecule has 2 aromatic rings. The summed E-state index contributed by atoms with van der Waals surface area (Å²) in [5.41, 5.74) is 1.49. The van der Waals surface area contributed by atoms with E-state index in [1.807, 2.05) is 62.9 Å².